The average Bonchev–Trinajstić information content (AvgIpc) is 3.03. The van der Waals surface area contributed by atoms with E-state index in [-0.39, 0.29) is 0 Å². The van der Waals surface area contributed by atoms with Crippen LogP contribution in [0.1, 0.15) is 11.4 Å². The highest BCUT2D eigenvalue weighted by Gasteiger charge is 2.17. The minimum atomic E-state index is 0.353. The van der Waals surface area contributed by atoms with Crippen LogP contribution in [-0.4, -0.2) is 14.6 Å². The number of anilines is 1. The van der Waals surface area contributed by atoms with E-state index in [9.17, 15) is 0 Å². The van der Waals surface area contributed by atoms with Crippen LogP contribution < -0.4 is 5.73 Å². The van der Waals surface area contributed by atoms with Gasteiger partial charge in [-0.25, -0.2) is 4.98 Å². The van der Waals surface area contributed by atoms with Gasteiger partial charge in [0.25, 0.3) is 0 Å². The van der Waals surface area contributed by atoms with E-state index in [1.165, 1.54) is 4.52 Å². The largest absolute Gasteiger partial charge is 0.382 e. The number of nitrogen functional groups attached to an aromatic ring is 1. The van der Waals surface area contributed by atoms with Crippen molar-refractivity contribution in [2.24, 2.45) is 20.5 Å². The van der Waals surface area contributed by atoms with Gasteiger partial charge >= 0.3 is 0 Å². The number of fused-ring (bicyclic) bond motifs is 1. The number of benzene rings is 2. The third-order valence-corrected chi connectivity index (χ3v) is 4.14. The zero-order valence-electron chi connectivity index (χ0n) is 15.5. The molecule has 8 heteroatoms. The van der Waals surface area contributed by atoms with Gasteiger partial charge in [-0.15, -0.1) is 10.2 Å². The van der Waals surface area contributed by atoms with Crippen molar-refractivity contribution in [3.8, 4) is 0 Å². The molecule has 0 aliphatic rings. The Morgan fingerprint density at radius 3 is 1.82 bits per heavy atom. The first-order chi connectivity index (χ1) is 13.6. The number of nitrogens with two attached hydrogens (primary N) is 1. The predicted octanol–water partition coefficient (Wildman–Crippen LogP) is 5.76. The molecule has 4 rings (SSSR count). The number of aryl methyl sites for hydroxylation is 2. The molecule has 8 nitrogen and oxygen atoms in total. The van der Waals surface area contributed by atoms with Crippen LogP contribution in [0.4, 0.5) is 28.6 Å². The van der Waals surface area contributed by atoms with Crippen molar-refractivity contribution in [1.82, 2.24) is 14.6 Å². The fourth-order valence-corrected chi connectivity index (χ4v) is 2.72. The van der Waals surface area contributed by atoms with Gasteiger partial charge in [-0.1, -0.05) is 36.4 Å². The monoisotopic (exact) mass is 370 g/mol. The highest BCUT2D eigenvalue weighted by molar-refractivity contribution is 5.74. The fourth-order valence-electron chi connectivity index (χ4n) is 2.72. The average molecular weight is 370 g/mol. The summed E-state index contributed by atoms with van der Waals surface area (Å²) in [4.78, 5) is 4.59. The van der Waals surface area contributed by atoms with Crippen LogP contribution in [0.3, 0.4) is 0 Å². The van der Waals surface area contributed by atoms with Gasteiger partial charge < -0.3 is 5.73 Å². The maximum Gasteiger partial charge on any atom is 0.185 e. The number of hydrogen-bond donors (Lipinski definition) is 1. The Hall–Kier alpha value is -3.94. The zero-order chi connectivity index (χ0) is 19.5. The molecule has 4 aromatic rings. The molecular formula is C20H18N8. The molecule has 0 fully saturated rings. The summed E-state index contributed by atoms with van der Waals surface area (Å²) in [5.41, 5.74) is 10.7. The number of azo groups is 2. The zero-order valence-corrected chi connectivity index (χ0v) is 15.5. The molecular weight excluding hydrogens is 352 g/mol. The van der Waals surface area contributed by atoms with E-state index in [0.29, 0.717) is 34.2 Å². The van der Waals surface area contributed by atoms with Gasteiger partial charge in [0.2, 0.25) is 0 Å². The smallest absolute Gasteiger partial charge is 0.185 e. The second kappa shape index (κ2) is 7.36. The lowest BCUT2D eigenvalue weighted by Crippen LogP contribution is -2.02. The van der Waals surface area contributed by atoms with Gasteiger partial charge in [0.1, 0.15) is 5.69 Å². The first kappa shape index (κ1) is 17.5. The normalized spacial score (nSPS) is 11.8. The second-order valence-electron chi connectivity index (χ2n) is 6.17. The number of rotatable bonds is 4. The van der Waals surface area contributed by atoms with Crippen LogP contribution in [0.25, 0.3) is 5.65 Å². The standard InChI is InChI=1S/C20H18N8/c1-13-17(25-23-15-9-5-3-6-10-15)19(21)28-20(22-13)18(14(2)27-28)26-24-16-11-7-4-8-12-16/h3-12H,21H2,1-2H3. The Labute approximate surface area is 161 Å². The highest BCUT2D eigenvalue weighted by Crippen LogP contribution is 2.33. The summed E-state index contributed by atoms with van der Waals surface area (Å²) in [7, 11) is 0. The Morgan fingerprint density at radius 1 is 0.714 bits per heavy atom. The summed E-state index contributed by atoms with van der Waals surface area (Å²) in [6.07, 6.45) is 0. The molecule has 0 aliphatic carbocycles. The predicted molar refractivity (Wildman–Crippen MR) is 108 cm³/mol. The maximum absolute atomic E-state index is 6.31. The topological polar surface area (TPSA) is 106 Å². The minimum absolute atomic E-state index is 0.353. The van der Waals surface area contributed by atoms with E-state index in [0.717, 1.165) is 11.4 Å². The number of hydrogen-bond acceptors (Lipinski definition) is 7. The molecule has 0 bridgehead atoms. The van der Waals surface area contributed by atoms with E-state index < -0.39 is 0 Å². The van der Waals surface area contributed by atoms with Crippen molar-refractivity contribution in [2.45, 2.75) is 13.8 Å². The molecule has 0 spiro atoms. The summed E-state index contributed by atoms with van der Waals surface area (Å²) in [6, 6.07) is 18.9. The van der Waals surface area contributed by atoms with Crippen molar-refractivity contribution < 1.29 is 0 Å². The lowest BCUT2D eigenvalue weighted by molar-refractivity contribution is 0.917. The summed E-state index contributed by atoms with van der Waals surface area (Å²) in [5, 5.41) is 21.6. The van der Waals surface area contributed by atoms with E-state index in [1.54, 1.807) is 0 Å². The lowest BCUT2D eigenvalue weighted by atomic mass is 10.3. The molecule has 0 aliphatic heterocycles. The molecule has 0 unspecified atom stereocenters. The first-order valence-corrected chi connectivity index (χ1v) is 8.72. The van der Waals surface area contributed by atoms with Crippen molar-refractivity contribution in [3.63, 3.8) is 0 Å². The third kappa shape index (κ3) is 3.35. The molecule has 0 radical (unpaired) electrons. The van der Waals surface area contributed by atoms with Crippen molar-refractivity contribution in [3.05, 3.63) is 72.1 Å². The summed E-state index contributed by atoms with van der Waals surface area (Å²) >= 11 is 0. The summed E-state index contributed by atoms with van der Waals surface area (Å²) < 4.78 is 1.53. The summed E-state index contributed by atoms with van der Waals surface area (Å²) in [6.45, 7) is 3.67. The van der Waals surface area contributed by atoms with E-state index in [2.05, 4.69) is 30.5 Å². The number of nitrogens with zero attached hydrogens (tertiary/aromatic N) is 7. The molecule has 0 atom stereocenters. The van der Waals surface area contributed by atoms with Crippen molar-refractivity contribution >= 4 is 34.2 Å². The quantitative estimate of drug-likeness (QED) is 0.461. The van der Waals surface area contributed by atoms with Gasteiger partial charge in [-0.3, -0.25) is 0 Å². The van der Waals surface area contributed by atoms with Crippen LogP contribution in [0.15, 0.2) is 81.1 Å². The Kier molecular flexibility index (Phi) is 4.59. The maximum atomic E-state index is 6.31. The van der Waals surface area contributed by atoms with Crippen LogP contribution in [0, 0.1) is 13.8 Å². The van der Waals surface area contributed by atoms with Crippen molar-refractivity contribution in [2.75, 3.05) is 5.73 Å². The van der Waals surface area contributed by atoms with Crippen LogP contribution in [0.5, 0.6) is 0 Å². The molecule has 138 valence electrons. The van der Waals surface area contributed by atoms with Crippen LogP contribution in [-0.2, 0) is 0 Å². The highest BCUT2D eigenvalue weighted by atomic mass is 15.3. The van der Waals surface area contributed by atoms with Gasteiger partial charge in [0.05, 0.1) is 22.8 Å². The molecule has 0 amide bonds. The molecule has 2 aromatic carbocycles. The fraction of sp³-hybridized carbons (Fsp3) is 0.100. The third-order valence-electron chi connectivity index (χ3n) is 4.14. The van der Waals surface area contributed by atoms with Gasteiger partial charge in [-0.05, 0) is 38.1 Å². The molecule has 0 saturated carbocycles. The Morgan fingerprint density at radius 2 is 1.25 bits per heavy atom. The molecule has 2 N–H and O–H groups in total. The lowest BCUT2D eigenvalue weighted by Gasteiger charge is -2.05. The molecule has 0 saturated heterocycles. The SMILES string of the molecule is Cc1nc2c(N=Nc3ccccc3)c(C)nn2c(N)c1N=Nc1ccccc1. The van der Waals surface area contributed by atoms with Crippen LogP contribution in [0.2, 0.25) is 0 Å². The van der Waals surface area contributed by atoms with Crippen LogP contribution >= 0.6 is 0 Å². The van der Waals surface area contributed by atoms with Gasteiger partial charge in [0, 0.05) is 0 Å². The van der Waals surface area contributed by atoms with Gasteiger partial charge in [-0.2, -0.15) is 19.8 Å². The second-order valence-corrected chi connectivity index (χ2v) is 6.17. The van der Waals surface area contributed by atoms with E-state index >= 15 is 0 Å². The first-order valence-electron chi connectivity index (χ1n) is 8.72. The Bertz CT molecular complexity index is 1180. The number of aromatic nitrogens is 3. The molecule has 2 heterocycles. The van der Waals surface area contributed by atoms with Crippen molar-refractivity contribution in [1.29, 1.82) is 0 Å². The minimum Gasteiger partial charge on any atom is -0.382 e. The van der Waals surface area contributed by atoms with E-state index in [4.69, 9.17) is 5.73 Å². The van der Waals surface area contributed by atoms with E-state index in [1.807, 2.05) is 74.5 Å². The molecule has 28 heavy (non-hydrogen) atoms. The molecule has 2 aromatic heterocycles. The Balaban J connectivity index is 1.76. The van der Waals surface area contributed by atoms with Gasteiger partial charge in [0.15, 0.2) is 17.2 Å². The summed E-state index contributed by atoms with van der Waals surface area (Å²) in [5.74, 6) is 0.353.